The third-order valence-corrected chi connectivity index (χ3v) is 2.71. The van der Waals surface area contributed by atoms with Crippen LogP contribution in [-0.2, 0) is 4.74 Å². The van der Waals surface area contributed by atoms with Crippen molar-refractivity contribution in [2.24, 2.45) is 10.8 Å². The van der Waals surface area contributed by atoms with Gasteiger partial charge in [-0.15, -0.1) is 0 Å². The molecule has 0 aliphatic carbocycles. The van der Waals surface area contributed by atoms with Crippen LogP contribution >= 0.6 is 0 Å². The Balaban J connectivity index is 2.63. The molecular formula is C12H22O. The number of rotatable bonds is 0. The first-order valence-corrected chi connectivity index (χ1v) is 5.06. The summed E-state index contributed by atoms with van der Waals surface area (Å²) in [5, 5.41) is 0. The van der Waals surface area contributed by atoms with Gasteiger partial charge in [-0.25, -0.2) is 0 Å². The molecule has 0 fully saturated rings. The normalized spacial score (nSPS) is 24.2. The second-order valence-electron chi connectivity index (χ2n) is 6.09. The summed E-state index contributed by atoms with van der Waals surface area (Å²) in [6.45, 7) is 13.4. The van der Waals surface area contributed by atoms with Gasteiger partial charge in [0.1, 0.15) is 6.10 Å². The van der Waals surface area contributed by atoms with Crippen molar-refractivity contribution in [2.45, 2.75) is 54.1 Å². The second kappa shape index (κ2) is 3.04. The lowest BCUT2D eigenvalue weighted by Gasteiger charge is -2.27. The molecule has 0 aromatic carbocycles. The highest BCUT2D eigenvalue weighted by atomic mass is 16.5. The van der Waals surface area contributed by atoms with Crippen LogP contribution in [0.15, 0.2) is 11.8 Å². The van der Waals surface area contributed by atoms with Crippen LogP contribution in [0.5, 0.6) is 0 Å². The molecule has 1 unspecified atom stereocenters. The molecule has 0 amide bonds. The van der Waals surface area contributed by atoms with Gasteiger partial charge in [0.25, 0.3) is 0 Å². The monoisotopic (exact) mass is 182 g/mol. The molecule has 0 N–H and O–H groups in total. The summed E-state index contributed by atoms with van der Waals surface area (Å²) in [7, 11) is 0. The SMILES string of the molecule is CC(C)(C)C1=COC(C(C)(C)C)C1. The van der Waals surface area contributed by atoms with Crippen molar-refractivity contribution in [3.8, 4) is 0 Å². The zero-order chi connectivity index (χ0) is 10.3. The Morgan fingerprint density at radius 2 is 1.69 bits per heavy atom. The van der Waals surface area contributed by atoms with E-state index in [-0.39, 0.29) is 10.8 Å². The van der Waals surface area contributed by atoms with Crippen molar-refractivity contribution < 1.29 is 4.74 Å². The summed E-state index contributed by atoms with van der Waals surface area (Å²) in [5.41, 5.74) is 1.95. The number of hydrogen-bond donors (Lipinski definition) is 0. The van der Waals surface area contributed by atoms with E-state index in [4.69, 9.17) is 4.74 Å². The van der Waals surface area contributed by atoms with Crippen LogP contribution < -0.4 is 0 Å². The van der Waals surface area contributed by atoms with Gasteiger partial charge in [0.05, 0.1) is 6.26 Å². The topological polar surface area (TPSA) is 9.23 Å². The van der Waals surface area contributed by atoms with E-state index in [1.54, 1.807) is 0 Å². The zero-order valence-corrected chi connectivity index (χ0v) is 9.77. The molecule has 1 atom stereocenters. The van der Waals surface area contributed by atoms with Crippen LogP contribution in [0.3, 0.4) is 0 Å². The van der Waals surface area contributed by atoms with Crippen LogP contribution in [0, 0.1) is 10.8 Å². The minimum atomic E-state index is 0.253. The van der Waals surface area contributed by atoms with Crippen LogP contribution in [-0.4, -0.2) is 6.10 Å². The average molecular weight is 182 g/mol. The van der Waals surface area contributed by atoms with E-state index in [1.165, 1.54) is 5.57 Å². The molecule has 1 aliphatic heterocycles. The van der Waals surface area contributed by atoms with Gasteiger partial charge in [-0.05, 0) is 16.4 Å². The highest BCUT2D eigenvalue weighted by Crippen LogP contribution is 2.39. The first-order chi connectivity index (χ1) is 5.71. The van der Waals surface area contributed by atoms with Crippen molar-refractivity contribution in [1.29, 1.82) is 0 Å². The highest BCUT2D eigenvalue weighted by molar-refractivity contribution is 5.14. The lowest BCUT2D eigenvalue weighted by atomic mass is 9.80. The molecule has 13 heavy (non-hydrogen) atoms. The predicted octanol–water partition coefficient (Wildman–Crippen LogP) is 3.75. The van der Waals surface area contributed by atoms with Crippen molar-refractivity contribution in [2.75, 3.05) is 0 Å². The highest BCUT2D eigenvalue weighted by Gasteiger charge is 2.33. The molecule has 76 valence electrons. The molecule has 0 spiro atoms. The van der Waals surface area contributed by atoms with Gasteiger partial charge in [-0.2, -0.15) is 0 Å². The Morgan fingerprint density at radius 1 is 1.15 bits per heavy atom. The molecular weight excluding hydrogens is 160 g/mol. The van der Waals surface area contributed by atoms with Gasteiger partial charge in [0.2, 0.25) is 0 Å². The van der Waals surface area contributed by atoms with Gasteiger partial charge < -0.3 is 4.74 Å². The minimum absolute atomic E-state index is 0.253. The van der Waals surface area contributed by atoms with Crippen LogP contribution in [0.25, 0.3) is 0 Å². The van der Waals surface area contributed by atoms with Crippen molar-refractivity contribution in [3.05, 3.63) is 11.8 Å². The first-order valence-electron chi connectivity index (χ1n) is 5.06. The van der Waals surface area contributed by atoms with Crippen LogP contribution in [0.4, 0.5) is 0 Å². The van der Waals surface area contributed by atoms with Crippen molar-refractivity contribution in [1.82, 2.24) is 0 Å². The fourth-order valence-electron chi connectivity index (χ4n) is 1.45. The molecule has 1 rings (SSSR count). The molecule has 1 nitrogen and oxygen atoms in total. The maximum Gasteiger partial charge on any atom is 0.106 e. The summed E-state index contributed by atoms with van der Waals surface area (Å²) < 4.78 is 5.69. The third kappa shape index (κ3) is 2.49. The van der Waals surface area contributed by atoms with E-state index in [2.05, 4.69) is 41.5 Å². The maximum atomic E-state index is 5.69. The quantitative estimate of drug-likeness (QED) is 0.554. The van der Waals surface area contributed by atoms with Crippen LogP contribution in [0.2, 0.25) is 0 Å². The zero-order valence-electron chi connectivity index (χ0n) is 9.77. The smallest absolute Gasteiger partial charge is 0.106 e. The lowest BCUT2D eigenvalue weighted by molar-refractivity contribution is 0.0655. The summed E-state index contributed by atoms with van der Waals surface area (Å²) in [5.74, 6) is 0. The number of ether oxygens (including phenoxy) is 1. The van der Waals surface area contributed by atoms with E-state index >= 15 is 0 Å². The minimum Gasteiger partial charge on any atom is -0.497 e. The summed E-state index contributed by atoms with van der Waals surface area (Å²) in [6.07, 6.45) is 3.42. The Kier molecular flexibility index (Phi) is 2.48. The first kappa shape index (κ1) is 10.6. The Bertz CT molecular complexity index is 212. The molecule has 0 radical (unpaired) electrons. The standard InChI is InChI=1S/C12H22O/c1-11(2,3)9-7-10(13-8-9)12(4,5)6/h8,10H,7H2,1-6H3. The fourth-order valence-corrected chi connectivity index (χ4v) is 1.45. The number of hydrogen-bond acceptors (Lipinski definition) is 1. The van der Waals surface area contributed by atoms with E-state index in [0.717, 1.165) is 6.42 Å². The Morgan fingerprint density at radius 3 is 1.92 bits per heavy atom. The molecule has 0 saturated heterocycles. The molecule has 0 aromatic rings. The second-order valence-corrected chi connectivity index (χ2v) is 6.09. The summed E-state index contributed by atoms with van der Waals surface area (Å²) in [6, 6.07) is 0. The Labute approximate surface area is 82.2 Å². The van der Waals surface area contributed by atoms with E-state index in [0.29, 0.717) is 6.10 Å². The van der Waals surface area contributed by atoms with Crippen LogP contribution in [0.1, 0.15) is 48.0 Å². The predicted molar refractivity (Wildman–Crippen MR) is 56.5 cm³/mol. The van der Waals surface area contributed by atoms with Crippen molar-refractivity contribution in [3.63, 3.8) is 0 Å². The van der Waals surface area contributed by atoms with Gasteiger partial charge in [-0.3, -0.25) is 0 Å². The molecule has 0 saturated carbocycles. The Hall–Kier alpha value is -0.460. The van der Waals surface area contributed by atoms with E-state index in [1.807, 2.05) is 6.26 Å². The largest absolute Gasteiger partial charge is 0.497 e. The van der Waals surface area contributed by atoms with Crippen molar-refractivity contribution >= 4 is 0 Å². The lowest BCUT2D eigenvalue weighted by Crippen LogP contribution is -2.26. The molecule has 1 aliphatic rings. The molecule has 0 bridgehead atoms. The fraction of sp³-hybridized carbons (Fsp3) is 0.833. The van der Waals surface area contributed by atoms with E-state index in [9.17, 15) is 0 Å². The molecule has 1 heterocycles. The summed E-state index contributed by atoms with van der Waals surface area (Å²) >= 11 is 0. The van der Waals surface area contributed by atoms with Gasteiger partial charge in [-0.1, -0.05) is 41.5 Å². The van der Waals surface area contributed by atoms with Gasteiger partial charge >= 0.3 is 0 Å². The summed E-state index contributed by atoms with van der Waals surface area (Å²) in [4.78, 5) is 0. The average Bonchev–Trinajstić information content (AvgIpc) is 2.28. The maximum absolute atomic E-state index is 5.69. The molecule has 0 aromatic heterocycles. The molecule has 1 heteroatoms. The van der Waals surface area contributed by atoms with Gasteiger partial charge in [0.15, 0.2) is 0 Å². The van der Waals surface area contributed by atoms with Gasteiger partial charge in [0, 0.05) is 6.42 Å². The van der Waals surface area contributed by atoms with E-state index < -0.39 is 0 Å². The third-order valence-electron chi connectivity index (χ3n) is 2.71.